The zero-order valence-electron chi connectivity index (χ0n) is 17.4. The molecule has 8 nitrogen and oxygen atoms in total. The minimum absolute atomic E-state index is 0.0791. The molecule has 0 bridgehead atoms. The molecule has 8 heteroatoms. The van der Waals surface area contributed by atoms with Gasteiger partial charge in [-0.3, -0.25) is 9.48 Å². The largest absolute Gasteiger partial charge is 0.477 e. The van der Waals surface area contributed by atoms with Gasteiger partial charge in [-0.25, -0.2) is 15.0 Å². The Bertz CT molecular complexity index is 1280. The fourth-order valence-corrected chi connectivity index (χ4v) is 3.90. The number of amides is 1. The van der Waals surface area contributed by atoms with Crippen LogP contribution in [0.5, 0.6) is 5.88 Å². The molecule has 4 aromatic rings. The molecular weight excluding hydrogens is 392 g/mol. The maximum Gasteiger partial charge on any atom is 0.259 e. The van der Waals surface area contributed by atoms with Crippen molar-refractivity contribution >= 4 is 16.9 Å². The van der Waals surface area contributed by atoms with Crippen LogP contribution in [-0.4, -0.2) is 48.7 Å². The number of ether oxygens (including phenoxy) is 1. The number of aromatic nitrogens is 5. The van der Waals surface area contributed by atoms with Gasteiger partial charge in [0.2, 0.25) is 5.88 Å². The molecule has 5 heterocycles. The minimum atomic E-state index is -0.0791. The van der Waals surface area contributed by atoms with Crippen LogP contribution in [0.4, 0.5) is 0 Å². The lowest BCUT2D eigenvalue weighted by molar-refractivity contribution is 0.0728. The van der Waals surface area contributed by atoms with Crippen molar-refractivity contribution < 1.29 is 9.53 Å². The number of aryl methyl sites for hydroxylation is 1. The van der Waals surface area contributed by atoms with Crippen LogP contribution in [0.1, 0.15) is 28.5 Å². The lowest BCUT2D eigenvalue weighted by Crippen LogP contribution is -2.36. The number of rotatable bonds is 4. The molecule has 0 aromatic carbocycles. The van der Waals surface area contributed by atoms with Crippen molar-refractivity contribution in [1.29, 1.82) is 0 Å². The molecule has 4 aromatic heterocycles. The van der Waals surface area contributed by atoms with Crippen LogP contribution in [0.3, 0.4) is 0 Å². The number of nitrogens with zero attached hydrogens (tertiary/aromatic N) is 6. The lowest BCUT2D eigenvalue weighted by atomic mass is 10.0. The zero-order valence-corrected chi connectivity index (χ0v) is 17.4. The van der Waals surface area contributed by atoms with E-state index < -0.39 is 0 Å². The van der Waals surface area contributed by atoms with Crippen molar-refractivity contribution in [2.24, 2.45) is 7.05 Å². The highest BCUT2D eigenvalue weighted by atomic mass is 16.5. The SMILES string of the molecule is CCOc1ncccc1C(=O)N1CCc2nc3ncc(-c4cnn(C)c4)cc3cc2C1. The molecule has 31 heavy (non-hydrogen) atoms. The Balaban J connectivity index is 1.46. The maximum atomic E-state index is 13.2. The molecule has 0 unspecified atom stereocenters. The van der Waals surface area contributed by atoms with Crippen molar-refractivity contribution in [2.75, 3.05) is 13.2 Å². The van der Waals surface area contributed by atoms with Gasteiger partial charge < -0.3 is 9.64 Å². The Labute approximate surface area is 179 Å². The average Bonchev–Trinajstić information content (AvgIpc) is 3.23. The van der Waals surface area contributed by atoms with Crippen LogP contribution in [0, 0.1) is 0 Å². The first-order chi connectivity index (χ1) is 15.1. The fraction of sp³-hybridized carbons (Fsp3) is 0.261. The van der Waals surface area contributed by atoms with Crippen molar-refractivity contribution in [3.05, 3.63) is 65.9 Å². The molecule has 0 aliphatic carbocycles. The Morgan fingerprint density at radius 3 is 2.90 bits per heavy atom. The van der Waals surface area contributed by atoms with E-state index in [1.165, 1.54) is 0 Å². The van der Waals surface area contributed by atoms with Gasteiger partial charge in [-0.05, 0) is 36.8 Å². The molecule has 0 saturated carbocycles. The number of hydrogen-bond acceptors (Lipinski definition) is 6. The highest BCUT2D eigenvalue weighted by Crippen LogP contribution is 2.27. The normalized spacial score (nSPS) is 13.3. The summed E-state index contributed by atoms with van der Waals surface area (Å²) in [5.41, 5.74) is 5.24. The molecule has 1 aliphatic rings. The Kier molecular flexibility index (Phi) is 4.82. The van der Waals surface area contributed by atoms with Crippen LogP contribution in [0.25, 0.3) is 22.2 Å². The monoisotopic (exact) mass is 414 g/mol. The first-order valence-electron chi connectivity index (χ1n) is 10.3. The predicted molar refractivity (Wildman–Crippen MR) is 116 cm³/mol. The summed E-state index contributed by atoms with van der Waals surface area (Å²) in [5, 5.41) is 5.19. The van der Waals surface area contributed by atoms with Gasteiger partial charge >= 0.3 is 0 Å². The number of pyridine rings is 3. The van der Waals surface area contributed by atoms with Crippen LogP contribution in [0.2, 0.25) is 0 Å². The summed E-state index contributed by atoms with van der Waals surface area (Å²) in [5.74, 6) is 0.298. The summed E-state index contributed by atoms with van der Waals surface area (Å²) in [7, 11) is 1.89. The number of carbonyl (C=O) groups is 1. The van der Waals surface area contributed by atoms with Gasteiger partial charge in [0, 0.05) is 67.4 Å². The molecule has 0 atom stereocenters. The van der Waals surface area contributed by atoms with Gasteiger partial charge in [0.05, 0.1) is 12.8 Å². The summed E-state index contributed by atoms with van der Waals surface area (Å²) in [6.07, 6.45) is 7.93. The van der Waals surface area contributed by atoms with Gasteiger partial charge in [0.15, 0.2) is 5.65 Å². The highest BCUT2D eigenvalue weighted by molar-refractivity contribution is 5.96. The second-order valence-electron chi connectivity index (χ2n) is 7.53. The summed E-state index contributed by atoms with van der Waals surface area (Å²) in [4.78, 5) is 28.5. The fourth-order valence-electron chi connectivity index (χ4n) is 3.90. The maximum absolute atomic E-state index is 13.2. The van der Waals surface area contributed by atoms with Gasteiger partial charge in [0.1, 0.15) is 5.56 Å². The third kappa shape index (κ3) is 3.61. The van der Waals surface area contributed by atoms with E-state index in [0.717, 1.165) is 33.4 Å². The smallest absolute Gasteiger partial charge is 0.259 e. The molecule has 0 fully saturated rings. The van der Waals surface area contributed by atoms with Crippen molar-refractivity contribution in [3.63, 3.8) is 0 Å². The van der Waals surface area contributed by atoms with Crippen LogP contribution < -0.4 is 4.74 Å². The minimum Gasteiger partial charge on any atom is -0.477 e. The van der Waals surface area contributed by atoms with Crippen molar-refractivity contribution in [2.45, 2.75) is 19.9 Å². The Hall–Kier alpha value is -3.81. The topological polar surface area (TPSA) is 86.0 Å². The predicted octanol–water partition coefficient (Wildman–Crippen LogP) is 3.02. The summed E-state index contributed by atoms with van der Waals surface area (Å²) in [6.45, 7) is 3.43. The van der Waals surface area contributed by atoms with E-state index in [1.807, 2.05) is 37.5 Å². The molecule has 1 amide bonds. The number of hydrogen-bond donors (Lipinski definition) is 0. The summed E-state index contributed by atoms with van der Waals surface area (Å²) < 4.78 is 7.31. The third-order valence-electron chi connectivity index (χ3n) is 5.42. The zero-order chi connectivity index (χ0) is 21.4. The van der Waals surface area contributed by atoms with E-state index in [1.54, 1.807) is 23.0 Å². The molecule has 0 saturated heterocycles. The number of carbonyl (C=O) groups excluding carboxylic acids is 1. The molecule has 0 spiro atoms. The Morgan fingerprint density at radius 1 is 1.19 bits per heavy atom. The van der Waals surface area contributed by atoms with E-state index in [2.05, 4.69) is 27.2 Å². The summed E-state index contributed by atoms with van der Waals surface area (Å²) >= 11 is 0. The quantitative estimate of drug-likeness (QED) is 0.510. The molecular formula is C23H22N6O2. The van der Waals surface area contributed by atoms with Crippen molar-refractivity contribution in [3.8, 4) is 17.0 Å². The van der Waals surface area contributed by atoms with Crippen LogP contribution in [-0.2, 0) is 20.0 Å². The third-order valence-corrected chi connectivity index (χ3v) is 5.42. The van der Waals surface area contributed by atoms with Gasteiger partial charge in [-0.1, -0.05) is 0 Å². The molecule has 156 valence electrons. The standard InChI is InChI=1S/C23H22N6O2/c1-3-31-22-19(5-4-7-24-22)23(30)29-8-6-20-17(14-29)10-15-9-16(11-25-21(15)27-20)18-12-26-28(2)13-18/h4-5,7,9-13H,3,6,8,14H2,1-2H3. The van der Waals surface area contributed by atoms with Crippen LogP contribution in [0.15, 0.2) is 49.1 Å². The summed E-state index contributed by atoms with van der Waals surface area (Å²) in [6, 6.07) is 7.69. The van der Waals surface area contributed by atoms with E-state index >= 15 is 0 Å². The Morgan fingerprint density at radius 2 is 2.10 bits per heavy atom. The first-order valence-corrected chi connectivity index (χ1v) is 10.3. The van der Waals surface area contributed by atoms with Gasteiger partial charge in [0.25, 0.3) is 5.91 Å². The van der Waals surface area contributed by atoms with Crippen LogP contribution >= 0.6 is 0 Å². The molecule has 0 radical (unpaired) electrons. The van der Waals surface area contributed by atoms with Crippen molar-refractivity contribution in [1.82, 2.24) is 29.6 Å². The average molecular weight is 414 g/mol. The van der Waals surface area contributed by atoms with E-state index in [4.69, 9.17) is 9.72 Å². The molecule has 5 rings (SSSR count). The first kappa shape index (κ1) is 19.2. The van der Waals surface area contributed by atoms with Gasteiger partial charge in [-0.2, -0.15) is 5.10 Å². The van der Waals surface area contributed by atoms with E-state index in [9.17, 15) is 4.79 Å². The lowest BCUT2D eigenvalue weighted by Gasteiger charge is -2.28. The molecule has 1 aliphatic heterocycles. The second-order valence-corrected chi connectivity index (χ2v) is 7.53. The van der Waals surface area contributed by atoms with E-state index in [-0.39, 0.29) is 5.91 Å². The van der Waals surface area contributed by atoms with Gasteiger partial charge in [-0.15, -0.1) is 0 Å². The van der Waals surface area contributed by atoms with E-state index in [0.29, 0.717) is 37.6 Å². The highest BCUT2D eigenvalue weighted by Gasteiger charge is 2.25. The second kappa shape index (κ2) is 7.79. The molecule has 0 N–H and O–H groups in total. The number of fused-ring (bicyclic) bond motifs is 2.